The molecule has 0 N–H and O–H groups in total. The lowest BCUT2D eigenvalue weighted by Gasteiger charge is -2.00. The summed E-state index contributed by atoms with van der Waals surface area (Å²) in [6.45, 7) is 0. The molecule has 0 saturated carbocycles. The molecule has 0 radical (unpaired) electrons. The number of carbonyl (C=O) groups excluding carboxylic acids is 1. The van der Waals surface area contributed by atoms with Gasteiger partial charge < -0.3 is 0 Å². The molecule has 0 heterocycles. The Morgan fingerprint density at radius 3 is 2.43 bits per heavy atom. The molecule has 1 rings (SSSR count). The van der Waals surface area contributed by atoms with Crippen LogP contribution in [0.1, 0.15) is 18.4 Å². The molecular formula is C11H12F2O. The highest BCUT2D eigenvalue weighted by atomic mass is 19.3. The molecule has 0 aliphatic heterocycles. The molecule has 1 aromatic carbocycles. The van der Waals surface area contributed by atoms with Gasteiger partial charge >= 0.3 is 0 Å². The highest BCUT2D eigenvalue weighted by Crippen LogP contribution is 2.07. The van der Waals surface area contributed by atoms with Gasteiger partial charge in [-0.3, -0.25) is 4.79 Å². The Labute approximate surface area is 81.7 Å². The van der Waals surface area contributed by atoms with Crippen molar-refractivity contribution in [2.75, 3.05) is 0 Å². The molecule has 0 atom stereocenters. The van der Waals surface area contributed by atoms with Gasteiger partial charge in [-0.05, 0) is 18.4 Å². The fourth-order valence-electron chi connectivity index (χ4n) is 1.22. The van der Waals surface area contributed by atoms with Gasteiger partial charge in [-0.2, -0.15) is 0 Å². The van der Waals surface area contributed by atoms with Crippen molar-refractivity contribution in [1.82, 2.24) is 0 Å². The fourth-order valence-corrected chi connectivity index (χ4v) is 1.22. The standard InChI is InChI=1S/C11H12F2O/c12-11(13)10(14)8-4-7-9-5-2-1-3-6-9/h1-3,5-6,11H,4,7-8H2. The molecule has 1 nitrogen and oxygen atoms in total. The van der Waals surface area contributed by atoms with E-state index in [1.54, 1.807) is 0 Å². The largest absolute Gasteiger partial charge is 0.295 e. The molecule has 0 unspecified atom stereocenters. The average Bonchev–Trinajstić information content (AvgIpc) is 2.19. The number of alkyl halides is 2. The molecule has 1 aromatic rings. The Hall–Kier alpha value is -1.25. The van der Waals surface area contributed by atoms with Crippen LogP contribution in [0.25, 0.3) is 0 Å². The Bertz CT molecular complexity index is 283. The maximum atomic E-state index is 11.8. The number of carbonyl (C=O) groups is 1. The van der Waals surface area contributed by atoms with Crippen molar-refractivity contribution in [1.29, 1.82) is 0 Å². The molecule has 0 fully saturated rings. The van der Waals surface area contributed by atoms with Crippen LogP contribution in [-0.2, 0) is 11.2 Å². The van der Waals surface area contributed by atoms with Crippen LogP contribution in [0.4, 0.5) is 8.78 Å². The second-order valence-electron chi connectivity index (χ2n) is 3.11. The van der Waals surface area contributed by atoms with E-state index in [9.17, 15) is 13.6 Å². The van der Waals surface area contributed by atoms with Crippen molar-refractivity contribution in [3.8, 4) is 0 Å². The third-order valence-electron chi connectivity index (χ3n) is 1.97. The van der Waals surface area contributed by atoms with Crippen LogP contribution in [0.3, 0.4) is 0 Å². The van der Waals surface area contributed by atoms with Gasteiger partial charge in [-0.25, -0.2) is 8.78 Å². The van der Waals surface area contributed by atoms with E-state index >= 15 is 0 Å². The summed E-state index contributed by atoms with van der Waals surface area (Å²) in [6.07, 6.45) is -1.68. The number of rotatable bonds is 5. The van der Waals surface area contributed by atoms with Crippen molar-refractivity contribution < 1.29 is 13.6 Å². The first-order chi connectivity index (χ1) is 6.70. The third-order valence-corrected chi connectivity index (χ3v) is 1.97. The Balaban J connectivity index is 2.26. The normalized spacial score (nSPS) is 10.5. The maximum absolute atomic E-state index is 11.8. The lowest BCUT2D eigenvalue weighted by atomic mass is 10.1. The minimum absolute atomic E-state index is 0.0352. The predicted molar refractivity (Wildman–Crippen MR) is 50.4 cm³/mol. The number of hydrogen-bond donors (Lipinski definition) is 0. The summed E-state index contributed by atoms with van der Waals surface area (Å²) in [5, 5.41) is 0. The van der Waals surface area contributed by atoms with Crippen LogP contribution in [0.2, 0.25) is 0 Å². The van der Waals surface area contributed by atoms with Crippen LogP contribution in [-0.4, -0.2) is 12.2 Å². The van der Waals surface area contributed by atoms with Crippen molar-refractivity contribution in [3.05, 3.63) is 35.9 Å². The van der Waals surface area contributed by atoms with E-state index in [4.69, 9.17) is 0 Å². The van der Waals surface area contributed by atoms with Gasteiger partial charge in [0.05, 0.1) is 0 Å². The lowest BCUT2D eigenvalue weighted by molar-refractivity contribution is -0.129. The number of Topliss-reactive ketones (excluding diaryl/α,β-unsaturated/α-hetero) is 1. The van der Waals surface area contributed by atoms with Crippen LogP contribution >= 0.6 is 0 Å². The first kappa shape index (κ1) is 10.8. The van der Waals surface area contributed by atoms with Crippen molar-refractivity contribution in [2.24, 2.45) is 0 Å². The number of ketones is 1. The van der Waals surface area contributed by atoms with E-state index in [2.05, 4.69) is 0 Å². The van der Waals surface area contributed by atoms with E-state index in [1.165, 1.54) is 0 Å². The molecule has 3 heteroatoms. The van der Waals surface area contributed by atoms with E-state index in [0.29, 0.717) is 12.8 Å². The van der Waals surface area contributed by atoms with Crippen LogP contribution in [0, 0.1) is 0 Å². The van der Waals surface area contributed by atoms with Gasteiger partial charge in [0.25, 0.3) is 6.43 Å². The number of benzene rings is 1. The summed E-state index contributed by atoms with van der Waals surface area (Å²) >= 11 is 0. The summed E-state index contributed by atoms with van der Waals surface area (Å²) in [5.41, 5.74) is 1.08. The zero-order chi connectivity index (χ0) is 10.4. The highest BCUT2D eigenvalue weighted by molar-refractivity contribution is 5.81. The van der Waals surface area contributed by atoms with Crippen LogP contribution in [0.15, 0.2) is 30.3 Å². The van der Waals surface area contributed by atoms with Crippen molar-refractivity contribution in [2.45, 2.75) is 25.7 Å². The monoisotopic (exact) mass is 198 g/mol. The minimum Gasteiger partial charge on any atom is -0.293 e. The quantitative estimate of drug-likeness (QED) is 0.711. The van der Waals surface area contributed by atoms with Crippen molar-refractivity contribution in [3.63, 3.8) is 0 Å². The predicted octanol–water partition coefficient (Wildman–Crippen LogP) is 2.84. The molecule has 0 saturated heterocycles. The molecule has 0 bridgehead atoms. The number of aryl methyl sites for hydroxylation is 1. The second-order valence-corrected chi connectivity index (χ2v) is 3.11. The molecule has 14 heavy (non-hydrogen) atoms. The molecule has 0 aromatic heterocycles. The summed E-state index contributed by atoms with van der Waals surface area (Å²) in [4.78, 5) is 10.6. The Morgan fingerprint density at radius 1 is 1.21 bits per heavy atom. The first-order valence-corrected chi connectivity index (χ1v) is 4.55. The molecule has 76 valence electrons. The number of halogens is 2. The maximum Gasteiger partial charge on any atom is 0.295 e. The molecule has 0 aliphatic carbocycles. The SMILES string of the molecule is O=C(CCCc1ccccc1)C(F)F. The summed E-state index contributed by atoms with van der Waals surface area (Å²) in [6, 6.07) is 9.53. The smallest absolute Gasteiger partial charge is 0.293 e. The number of hydrogen-bond acceptors (Lipinski definition) is 1. The summed E-state index contributed by atoms with van der Waals surface area (Å²) < 4.78 is 23.6. The van der Waals surface area contributed by atoms with Gasteiger partial charge in [-0.15, -0.1) is 0 Å². The van der Waals surface area contributed by atoms with E-state index in [0.717, 1.165) is 5.56 Å². The third kappa shape index (κ3) is 3.64. The zero-order valence-corrected chi connectivity index (χ0v) is 7.75. The Kier molecular flexibility index (Phi) is 4.23. The zero-order valence-electron chi connectivity index (χ0n) is 7.75. The summed E-state index contributed by atoms with van der Waals surface area (Å²) in [7, 11) is 0. The fraction of sp³-hybridized carbons (Fsp3) is 0.364. The second kappa shape index (κ2) is 5.47. The van der Waals surface area contributed by atoms with Crippen LogP contribution < -0.4 is 0 Å². The van der Waals surface area contributed by atoms with Crippen molar-refractivity contribution >= 4 is 5.78 Å². The van der Waals surface area contributed by atoms with Gasteiger partial charge in [-0.1, -0.05) is 30.3 Å². The molecular weight excluding hydrogens is 186 g/mol. The topological polar surface area (TPSA) is 17.1 Å². The van der Waals surface area contributed by atoms with Gasteiger partial charge in [0.2, 0.25) is 0 Å². The molecule has 0 aliphatic rings. The van der Waals surface area contributed by atoms with E-state index < -0.39 is 12.2 Å². The van der Waals surface area contributed by atoms with E-state index in [1.807, 2.05) is 30.3 Å². The Morgan fingerprint density at radius 2 is 1.86 bits per heavy atom. The highest BCUT2D eigenvalue weighted by Gasteiger charge is 2.13. The minimum atomic E-state index is -2.81. The average molecular weight is 198 g/mol. The van der Waals surface area contributed by atoms with Gasteiger partial charge in [0.1, 0.15) is 0 Å². The summed E-state index contributed by atoms with van der Waals surface area (Å²) in [5.74, 6) is -0.957. The first-order valence-electron chi connectivity index (χ1n) is 4.55. The molecule has 0 amide bonds. The van der Waals surface area contributed by atoms with Gasteiger partial charge in [0.15, 0.2) is 5.78 Å². The van der Waals surface area contributed by atoms with Crippen LogP contribution in [0.5, 0.6) is 0 Å². The van der Waals surface area contributed by atoms with Gasteiger partial charge in [0, 0.05) is 6.42 Å². The lowest BCUT2D eigenvalue weighted by Crippen LogP contribution is -2.09. The van der Waals surface area contributed by atoms with E-state index in [-0.39, 0.29) is 6.42 Å². The molecule has 0 spiro atoms.